The van der Waals surface area contributed by atoms with Gasteiger partial charge in [-0.2, -0.15) is 15.5 Å². The van der Waals surface area contributed by atoms with E-state index in [2.05, 4.69) is 10.2 Å². The molecule has 5 nitrogen and oxygen atoms in total. The summed E-state index contributed by atoms with van der Waals surface area (Å²) < 4.78 is 0. The van der Waals surface area contributed by atoms with Crippen molar-refractivity contribution in [3.8, 4) is 6.07 Å². The van der Waals surface area contributed by atoms with E-state index in [1.807, 2.05) is 13.0 Å². The minimum Gasteiger partial charge on any atom is -0.481 e. The summed E-state index contributed by atoms with van der Waals surface area (Å²) in [5.74, 6) is -0.916. The van der Waals surface area contributed by atoms with Crippen molar-refractivity contribution in [2.45, 2.75) is 45.1 Å². The third kappa shape index (κ3) is 6.61. The average molecular weight is 211 g/mol. The molecule has 0 spiro atoms. The van der Waals surface area contributed by atoms with E-state index >= 15 is 0 Å². The number of hydrogen-bond acceptors (Lipinski definition) is 4. The van der Waals surface area contributed by atoms with Gasteiger partial charge in [0.15, 0.2) is 5.54 Å². The number of nitriles is 1. The Morgan fingerprint density at radius 3 is 2.73 bits per heavy atom. The van der Waals surface area contributed by atoms with Crippen molar-refractivity contribution >= 4 is 5.97 Å². The third-order valence-electron chi connectivity index (χ3n) is 1.97. The fourth-order valence-corrected chi connectivity index (χ4v) is 0.913. The molecule has 84 valence electrons. The van der Waals surface area contributed by atoms with Crippen LogP contribution in [0, 0.1) is 11.3 Å². The fraction of sp³-hybridized carbons (Fsp3) is 0.800. The Kier molecular flexibility index (Phi) is 6.27. The van der Waals surface area contributed by atoms with Gasteiger partial charge in [-0.25, -0.2) is 0 Å². The molecule has 0 aliphatic heterocycles. The molecule has 0 radical (unpaired) electrons. The minimum atomic E-state index is -0.994. The van der Waals surface area contributed by atoms with Crippen LogP contribution in [0.25, 0.3) is 0 Å². The molecule has 1 unspecified atom stereocenters. The normalized spacial score (nSPS) is 14.7. The fourth-order valence-electron chi connectivity index (χ4n) is 0.913. The highest BCUT2D eigenvalue weighted by atomic mass is 16.4. The number of azo groups is 1. The number of hydrogen-bond donors (Lipinski definition) is 1. The van der Waals surface area contributed by atoms with Crippen LogP contribution in [0.1, 0.15) is 39.5 Å². The maximum atomic E-state index is 10.4. The maximum Gasteiger partial charge on any atom is 0.303 e. The number of nitrogens with zero attached hydrogens (tertiary/aromatic N) is 3. The van der Waals surface area contributed by atoms with Crippen molar-refractivity contribution < 1.29 is 9.90 Å². The molecule has 0 saturated heterocycles. The molecule has 1 atom stereocenters. The summed E-state index contributed by atoms with van der Waals surface area (Å²) in [5, 5.41) is 25.1. The molecule has 0 aromatic carbocycles. The van der Waals surface area contributed by atoms with Gasteiger partial charge in [0.2, 0.25) is 0 Å². The van der Waals surface area contributed by atoms with Gasteiger partial charge in [0, 0.05) is 6.42 Å². The molecule has 0 aromatic rings. The first-order chi connectivity index (χ1) is 7.04. The van der Waals surface area contributed by atoms with E-state index in [0.29, 0.717) is 6.54 Å². The van der Waals surface area contributed by atoms with Gasteiger partial charge in [0.25, 0.3) is 0 Å². The maximum absolute atomic E-state index is 10.4. The molecule has 15 heavy (non-hydrogen) atoms. The van der Waals surface area contributed by atoms with Crippen molar-refractivity contribution in [1.82, 2.24) is 0 Å². The number of unbranched alkanes of at least 4 members (excludes halogenated alkanes) is 1. The highest BCUT2D eigenvalue weighted by Crippen LogP contribution is 2.17. The van der Waals surface area contributed by atoms with Crippen molar-refractivity contribution in [2.24, 2.45) is 10.2 Å². The molecular formula is C10H17N3O2. The number of carbonyl (C=O) groups is 1. The van der Waals surface area contributed by atoms with E-state index in [0.717, 1.165) is 12.8 Å². The minimum absolute atomic E-state index is 0.0587. The summed E-state index contributed by atoms with van der Waals surface area (Å²) in [6.07, 6.45) is 2.10. The smallest absolute Gasteiger partial charge is 0.303 e. The van der Waals surface area contributed by atoms with Crippen LogP contribution in [0.3, 0.4) is 0 Å². The van der Waals surface area contributed by atoms with Crippen LogP contribution < -0.4 is 0 Å². The van der Waals surface area contributed by atoms with E-state index < -0.39 is 11.5 Å². The summed E-state index contributed by atoms with van der Waals surface area (Å²) in [6.45, 7) is 4.25. The molecule has 0 aromatic heterocycles. The Bertz CT molecular complexity index is 270. The van der Waals surface area contributed by atoms with Crippen LogP contribution in [-0.4, -0.2) is 23.2 Å². The van der Waals surface area contributed by atoms with Crippen molar-refractivity contribution in [2.75, 3.05) is 6.54 Å². The van der Waals surface area contributed by atoms with Crippen LogP contribution in [0.4, 0.5) is 0 Å². The molecule has 0 heterocycles. The van der Waals surface area contributed by atoms with Gasteiger partial charge in [0.1, 0.15) is 0 Å². The number of carboxylic acids is 1. The van der Waals surface area contributed by atoms with Crippen LogP contribution in [0.5, 0.6) is 0 Å². The predicted octanol–water partition coefficient (Wildman–Crippen LogP) is 2.39. The largest absolute Gasteiger partial charge is 0.481 e. The first-order valence-electron chi connectivity index (χ1n) is 5.06. The summed E-state index contributed by atoms with van der Waals surface area (Å²) in [5.41, 5.74) is -0.994. The Morgan fingerprint density at radius 2 is 2.27 bits per heavy atom. The SMILES string of the molecule is CCCC/N=N/C(C)(C#N)CCC(=O)O. The quantitative estimate of drug-likeness (QED) is 0.518. The average Bonchev–Trinajstić information content (AvgIpc) is 2.22. The van der Waals surface area contributed by atoms with Gasteiger partial charge < -0.3 is 5.11 Å². The Balaban J connectivity index is 4.13. The Morgan fingerprint density at radius 1 is 1.60 bits per heavy atom. The topological polar surface area (TPSA) is 85.8 Å². The van der Waals surface area contributed by atoms with E-state index in [4.69, 9.17) is 10.4 Å². The van der Waals surface area contributed by atoms with Crippen LogP contribution in [0.2, 0.25) is 0 Å². The number of carboxylic acid groups (broad SMARTS) is 1. The standard InChI is InChI=1S/C10H17N3O2/c1-3-4-7-12-13-10(2,8-11)6-5-9(14)15/h3-7H2,1-2H3,(H,14,15)/b13-12+. The zero-order chi connectivity index (χ0) is 11.7. The molecule has 0 rings (SSSR count). The monoisotopic (exact) mass is 211 g/mol. The van der Waals surface area contributed by atoms with E-state index in [-0.39, 0.29) is 12.8 Å². The molecule has 0 amide bonds. The molecule has 5 heteroatoms. The first kappa shape index (κ1) is 13.6. The van der Waals surface area contributed by atoms with Crippen LogP contribution in [0.15, 0.2) is 10.2 Å². The van der Waals surface area contributed by atoms with Crippen LogP contribution >= 0.6 is 0 Å². The van der Waals surface area contributed by atoms with Gasteiger partial charge in [-0.15, -0.1) is 0 Å². The Labute approximate surface area is 89.8 Å². The van der Waals surface area contributed by atoms with E-state index in [1.165, 1.54) is 0 Å². The molecule has 1 N–H and O–H groups in total. The lowest BCUT2D eigenvalue weighted by molar-refractivity contribution is -0.137. The van der Waals surface area contributed by atoms with Crippen LogP contribution in [-0.2, 0) is 4.79 Å². The van der Waals surface area contributed by atoms with Gasteiger partial charge >= 0.3 is 5.97 Å². The van der Waals surface area contributed by atoms with E-state index in [9.17, 15) is 4.79 Å². The van der Waals surface area contributed by atoms with Gasteiger partial charge in [0.05, 0.1) is 12.6 Å². The summed E-state index contributed by atoms with van der Waals surface area (Å²) in [4.78, 5) is 10.4. The molecule has 0 bridgehead atoms. The highest BCUT2D eigenvalue weighted by molar-refractivity contribution is 5.66. The molecule has 0 aliphatic carbocycles. The zero-order valence-corrected chi connectivity index (χ0v) is 9.23. The molecular weight excluding hydrogens is 194 g/mol. The predicted molar refractivity (Wildman–Crippen MR) is 55.5 cm³/mol. The zero-order valence-electron chi connectivity index (χ0n) is 9.23. The van der Waals surface area contributed by atoms with Gasteiger partial charge in [-0.3, -0.25) is 4.79 Å². The first-order valence-corrected chi connectivity index (χ1v) is 5.06. The summed E-state index contributed by atoms with van der Waals surface area (Å²) in [7, 11) is 0. The number of rotatable bonds is 7. The van der Waals surface area contributed by atoms with E-state index in [1.54, 1.807) is 6.92 Å². The highest BCUT2D eigenvalue weighted by Gasteiger charge is 2.24. The lowest BCUT2D eigenvalue weighted by Crippen LogP contribution is -2.20. The summed E-state index contributed by atoms with van der Waals surface area (Å²) >= 11 is 0. The molecule has 0 fully saturated rings. The lowest BCUT2D eigenvalue weighted by Gasteiger charge is -2.12. The Hall–Kier alpha value is -1.44. The second-order valence-corrected chi connectivity index (χ2v) is 3.60. The second kappa shape index (κ2) is 6.93. The third-order valence-corrected chi connectivity index (χ3v) is 1.97. The van der Waals surface area contributed by atoms with Crippen molar-refractivity contribution in [3.63, 3.8) is 0 Å². The molecule has 0 saturated carbocycles. The molecule has 0 aliphatic rings. The summed E-state index contributed by atoms with van der Waals surface area (Å²) in [6, 6.07) is 1.99. The number of aliphatic carboxylic acids is 1. The van der Waals surface area contributed by atoms with Gasteiger partial charge in [-0.1, -0.05) is 13.3 Å². The second-order valence-electron chi connectivity index (χ2n) is 3.60. The van der Waals surface area contributed by atoms with Crippen molar-refractivity contribution in [1.29, 1.82) is 5.26 Å². The lowest BCUT2D eigenvalue weighted by atomic mass is 9.99. The van der Waals surface area contributed by atoms with Crippen molar-refractivity contribution in [3.05, 3.63) is 0 Å². The van der Waals surface area contributed by atoms with Gasteiger partial charge in [-0.05, 0) is 19.8 Å².